The molecule has 1 unspecified atom stereocenters. The maximum Gasteiger partial charge on any atom is 0.295 e. The molecule has 1 atom stereocenters. The number of ether oxygens (including phenoxy) is 2. The van der Waals surface area contributed by atoms with E-state index in [1.807, 2.05) is 31.2 Å². The zero-order valence-corrected chi connectivity index (χ0v) is 18.5. The van der Waals surface area contributed by atoms with Gasteiger partial charge >= 0.3 is 0 Å². The second-order valence-electron chi connectivity index (χ2n) is 8.24. The number of amides is 1. The van der Waals surface area contributed by atoms with Gasteiger partial charge in [-0.1, -0.05) is 42.0 Å². The molecule has 2 heterocycles. The molecule has 0 spiro atoms. The van der Waals surface area contributed by atoms with Gasteiger partial charge in [-0.05, 0) is 24.6 Å². The fourth-order valence-corrected chi connectivity index (χ4v) is 4.30. The van der Waals surface area contributed by atoms with E-state index in [2.05, 4.69) is 0 Å². The number of nitrogens with one attached hydrogen (secondary N) is 1. The summed E-state index contributed by atoms with van der Waals surface area (Å²) in [5.74, 6) is -0.694. The SMILES string of the molecule is COc1ccc(C2C(=C(O)c3ccc(C)cc3)C(=O)C(=O)N2CC[NH+]2CCOCC2)cc1. The second kappa shape index (κ2) is 9.54. The van der Waals surface area contributed by atoms with E-state index >= 15 is 0 Å². The molecule has 168 valence electrons. The summed E-state index contributed by atoms with van der Waals surface area (Å²) >= 11 is 0. The van der Waals surface area contributed by atoms with Crippen molar-refractivity contribution in [2.24, 2.45) is 0 Å². The van der Waals surface area contributed by atoms with E-state index in [9.17, 15) is 14.7 Å². The highest BCUT2D eigenvalue weighted by Gasteiger charge is 2.46. The number of morpholine rings is 1. The molecule has 0 bridgehead atoms. The van der Waals surface area contributed by atoms with Crippen LogP contribution in [0.4, 0.5) is 0 Å². The van der Waals surface area contributed by atoms with Gasteiger partial charge in [0.05, 0.1) is 45.0 Å². The topological polar surface area (TPSA) is 80.5 Å². The molecule has 2 N–H and O–H groups in total. The number of aliphatic hydroxyl groups is 1. The highest BCUT2D eigenvalue weighted by molar-refractivity contribution is 6.46. The molecule has 4 rings (SSSR count). The van der Waals surface area contributed by atoms with Crippen LogP contribution >= 0.6 is 0 Å². The number of carbonyl (C=O) groups excluding carboxylic acids is 2. The van der Waals surface area contributed by atoms with E-state index in [4.69, 9.17) is 9.47 Å². The third kappa shape index (κ3) is 4.40. The number of ketones is 1. The number of likely N-dealkylation sites (tertiary alicyclic amines) is 1. The number of quaternary nitrogens is 1. The van der Waals surface area contributed by atoms with E-state index < -0.39 is 17.7 Å². The predicted octanol–water partition coefficient (Wildman–Crippen LogP) is 1.34. The standard InChI is InChI=1S/C25H28N2O5/c1-17-3-5-19(6-4-17)23(28)21-22(18-7-9-20(31-2)10-8-18)27(25(30)24(21)29)12-11-26-13-15-32-16-14-26/h3-10,22,28H,11-16H2,1-2H3/p+1. The Kier molecular flexibility index (Phi) is 6.58. The number of aryl methyl sites for hydroxylation is 1. The van der Waals surface area contributed by atoms with Gasteiger partial charge in [0, 0.05) is 5.56 Å². The molecular weight excluding hydrogens is 408 g/mol. The van der Waals surface area contributed by atoms with E-state index in [0.717, 1.165) is 24.2 Å². The molecule has 2 fully saturated rings. The van der Waals surface area contributed by atoms with Crippen LogP contribution in [-0.4, -0.2) is 68.2 Å². The molecule has 1 amide bonds. The first-order valence-electron chi connectivity index (χ1n) is 10.9. The van der Waals surface area contributed by atoms with Crippen molar-refractivity contribution >= 4 is 17.4 Å². The summed E-state index contributed by atoms with van der Waals surface area (Å²) in [7, 11) is 1.59. The normalized spacial score (nSPS) is 21.2. The summed E-state index contributed by atoms with van der Waals surface area (Å²) in [4.78, 5) is 29.1. The van der Waals surface area contributed by atoms with Crippen molar-refractivity contribution in [3.8, 4) is 5.75 Å². The number of hydrogen-bond donors (Lipinski definition) is 2. The Labute approximate surface area is 187 Å². The highest BCUT2D eigenvalue weighted by Crippen LogP contribution is 2.39. The van der Waals surface area contributed by atoms with Crippen LogP contribution in [0.5, 0.6) is 5.75 Å². The number of methoxy groups -OCH3 is 1. The Balaban J connectivity index is 1.72. The van der Waals surface area contributed by atoms with Crippen molar-refractivity contribution < 1.29 is 29.1 Å². The minimum atomic E-state index is -0.652. The van der Waals surface area contributed by atoms with Crippen molar-refractivity contribution in [1.29, 1.82) is 0 Å². The largest absolute Gasteiger partial charge is 0.507 e. The lowest BCUT2D eigenvalue weighted by molar-refractivity contribution is -0.907. The lowest BCUT2D eigenvalue weighted by Crippen LogP contribution is -3.14. The van der Waals surface area contributed by atoms with Crippen LogP contribution in [0.15, 0.2) is 54.1 Å². The van der Waals surface area contributed by atoms with Crippen LogP contribution in [-0.2, 0) is 14.3 Å². The number of aliphatic hydroxyl groups excluding tert-OH is 1. The number of benzene rings is 2. The molecule has 7 heteroatoms. The fourth-order valence-electron chi connectivity index (χ4n) is 4.30. The third-order valence-electron chi connectivity index (χ3n) is 6.20. The van der Waals surface area contributed by atoms with Gasteiger partial charge in [-0.15, -0.1) is 0 Å². The van der Waals surface area contributed by atoms with Crippen LogP contribution in [0, 0.1) is 6.92 Å². The summed E-state index contributed by atoms with van der Waals surface area (Å²) < 4.78 is 10.7. The van der Waals surface area contributed by atoms with Crippen molar-refractivity contribution in [3.63, 3.8) is 0 Å². The second-order valence-corrected chi connectivity index (χ2v) is 8.24. The van der Waals surface area contributed by atoms with Crippen LogP contribution in [0.1, 0.15) is 22.7 Å². The summed E-state index contributed by atoms with van der Waals surface area (Å²) in [6, 6.07) is 13.9. The Morgan fingerprint density at radius 2 is 1.75 bits per heavy atom. The average molecular weight is 438 g/mol. The highest BCUT2D eigenvalue weighted by atomic mass is 16.5. The van der Waals surface area contributed by atoms with Gasteiger partial charge in [0.15, 0.2) is 0 Å². The van der Waals surface area contributed by atoms with Gasteiger partial charge < -0.3 is 24.4 Å². The molecule has 2 aromatic rings. The smallest absolute Gasteiger partial charge is 0.295 e. The molecule has 2 saturated heterocycles. The van der Waals surface area contributed by atoms with Crippen LogP contribution in [0.2, 0.25) is 0 Å². The Morgan fingerprint density at radius 1 is 1.09 bits per heavy atom. The summed E-state index contributed by atoms with van der Waals surface area (Å²) in [6.45, 7) is 6.23. The number of nitrogens with zero attached hydrogens (tertiary/aromatic N) is 1. The molecule has 0 radical (unpaired) electrons. The van der Waals surface area contributed by atoms with Crippen molar-refractivity contribution in [2.45, 2.75) is 13.0 Å². The molecule has 0 aromatic heterocycles. The van der Waals surface area contributed by atoms with Gasteiger partial charge in [-0.3, -0.25) is 9.59 Å². The minimum absolute atomic E-state index is 0.126. The molecule has 2 aromatic carbocycles. The van der Waals surface area contributed by atoms with Gasteiger partial charge in [0.2, 0.25) is 0 Å². The maximum absolute atomic E-state index is 13.1. The Hall–Kier alpha value is -3.16. The van der Waals surface area contributed by atoms with Gasteiger partial charge in [0.1, 0.15) is 24.6 Å². The average Bonchev–Trinajstić information content (AvgIpc) is 3.08. The Morgan fingerprint density at radius 3 is 2.38 bits per heavy atom. The molecule has 32 heavy (non-hydrogen) atoms. The quantitative estimate of drug-likeness (QED) is 0.405. The fraction of sp³-hybridized carbons (Fsp3) is 0.360. The first-order chi connectivity index (χ1) is 15.5. The van der Waals surface area contributed by atoms with E-state index in [-0.39, 0.29) is 11.3 Å². The molecule has 2 aliphatic rings. The van der Waals surface area contributed by atoms with Gasteiger partial charge in [0.25, 0.3) is 11.7 Å². The predicted molar refractivity (Wildman–Crippen MR) is 120 cm³/mol. The zero-order chi connectivity index (χ0) is 22.7. The van der Waals surface area contributed by atoms with E-state index in [1.165, 1.54) is 4.90 Å². The van der Waals surface area contributed by atoms with Gasteiger partial charge in [-0.2, -0.15) is 0 Å². The van der Waals surface area contributed by atoms with E-state index in [1.54, 1.807) is 36.3 Å². The molecular formula is C25H29N2O5+. The molecule has 0 saturated carbocycles. The number of Topliss-reactive ketones (excluding diaryl/α,β-unsaturated/α-hetero) is 1. The van der Waals surface area contributed by atoms with Crippen molar-refractivity contribution in [2.75, 3.05) is 46.5 Å². The summed E-state index contributed by atoms with van der Waals surface area (Å²) in [5, 5.41) is 11.1. The van der Waals surface area contributed by atoms with Crippen LogP contribution < -0.4 is 9.64 Å². The van der Waals surface area contributed by atoms with Crippen molar-refractivity contribution in [1.82, 2.24) is 4.90 Å². The molecule has 0 aliphatic carbocycles. The zero-order valence-electron chi connectivity index (χ0n) is 18.5. The first kappa shape index (κ1) is 22.0. The van der Waals surface area contributed by atoms with Crippen molar-refractivity contribution in [3.05, 3.63) is 70.8 Å². The maximum atomic E-state index is 13.1. The summed E-state index contributed by atoms with van der Waals surface area (Å²) in [5.41, 5.74) is 2.45. The van der Waals surface area contributed by atoms with E-state index in [0.29, 0.717) is 37.6 Å². The third-order valence-corrected chi connectivity index (χ3v) is 6.20. The lowest BCUT2D eigenvalue weighted by Gasteiger charge is -2.29. The lowest BCUT2D eigenvalue weighted by atomic mass is 9.95. The molecule has 2 aliphatic heterocycles. The first-order valence-corrected chi connectivity index (χ1v) is 10.9. The molecule has 7 nitrogen and oxygen atoms in total. The monoisotopic (exact) mass is 437 g/mol. The number of carbonyl (C=O) groups is 2. The Bertz CT molecular complexity index is 1010. The minimum Gasteiger partial charge on any atom is -0.507 e. The number of rotatable bonds is 6. The van der Waals surface area contributed by atoms with Gasteiger partial charge in [-0.25, -0.2) is 0 Å². The van der Waals surface area contributed by atoms with Crippen LogP contribution in [0.3, 0.4) is 0 Å². The number of hydrogen-bond acceptors (Lipinski definition) is 5. The summed E-state index contributed by atoms with van der Waals surface area (Å²) in [6.07, 6.45) is 0. The van der Waals surface area contributed by atoms with Crippen LogP contribution in [0.25, 0.3) is 5.76 Å².